The van der Waals surface area contributed by atoms with Crippen LogP contribution in [0.15, 0.2) is 47.6 Å². The number of aliphatic hydroxyl groups is 1. The standard InChI is InChI=1S/C68H112N2O17Si2/c1-42-26-22-21-23-27-43(2)53(79-14)40-50-31-29-48(7)68(78,84-50)62(74)63(75)69-35-25-24-28-51(69)64(76)82-54(45(4)38-49-30-32-52(56(39-49)80-15)86-88(17,18)66(8,9)10)41-55(83-65(77)85-70-57(71)33-34-58(70)72)44(3)37-47(6)60(87-89(19,20)67(11,12)13)61(81-16)59(73)46(5)36-42/h21-23,26-27,37,42,44-46,48-56,60-61,78H,24-25,28-36,38-41H2,1-20H3/b23-21+,26-22+,43-27+,47-37+/t42?,44-,45-,46?,48-,49?,50+,51?,52-,53+,54?,55-,56-,60-,61+,68-/m1/s1. The van der Waals surface area contributed by atoms with Gasteiger partial charge in [-0.25, -0.2) is 9.59 Å². The van der Waals surface area contributed by atoms with Crippen LogP contribution in [0.5, 0.6) is 0 Å². The number of hydrogen-bond acceptors (Lipinski definition) is 17. The quantitative estimate of drug-likeness (QED) is 0.0629. The summed E-state index contributed by atoms with van der Waals surface area (Å²) >= 11 is 0. The molecule has 1 saturated carbocycles. The van der Waals surface area contributed by atoms with Crippen molar-refractivity contribution in [3.8, 4) is 0 Å². The number of imide groups is 1. The van der Waals surface area contributed by atoms with Crippen LogP contribution in [-0.4, -0.2) is 162 Å². The number of amides is 3. The molecule has 5 unspecified atom stereocenters. The van der Waals surface area contributed by atoms with E-state index in [1.54, 1.807) is 21.1 Å². The molecule has 21 heteroatoms. The molecule has 0 aromatic heterocycles. The van der Waals surface area contributed by atoms with Gasteiger partial charge in [-0.1, -0.05) is 118 Å². The number of nitrogens with zero attached hydrogens (tertiary/aromatic N) is 2. The molecule has 1 aliphatic carbocycles. The summed E-state index contributed by atoms with van der Waals surface area (Å²) in [6.45, 7) is 34.8. The molecule has 504 valence electrons. The molecule has 3 amide bonds. The SMILES string of the molecule is CO[C@H]1C[C@@H]2CC[C@@H](C)[C@@](O)(O2)C(=O)C(=O)N2CCCCC2C(=O)OC([C@H](C)CC2CC[C@@H](O[Si](C)(C)C(C)(C)C)[C@H](OC)C2)C[C@@H](OC(=O)ON2C(=O)CCC2=O)[C@H](C)/C=C(\C)[C@@H](O[Si](C)(C)C(C)(C)C)[C@@H](OC)C(=O)C(C)CC(C)/C=C/C=C/C=C/1C. The maximum absolute atomic E-state index is 15.3. The summed E-state index contributed by atoms with van der Waals surface area (Å²) in [5.74, 6) is -9.46. The van der Waals surface area contributed by atoms with Crippen LogP contribution in [-0.2, 0) is 70.9 Å². The summed E-state index contributed by atoms with van der Waals surface area (Å²) in [7, 11) is -0.0956. The van der Waals surface area contributed by atoms with Gasteiger partial charge in [-0.05, 0) is 143 Å². The molecule has 0 aromatic rings. The van der Waals surface area contributed by atoms with Crippen LogP contribution in [0.1, 0.15) is 180 Å². The Bertz CT molecular complexity index is 2570. The number of ether oxygens (including phenoxy) is 6. The molecule has 4 fully saturated rings. The Balaban J connectivity index is 1.66. The fourth-order valence-electron chi connectivity index (χ4n) is 12.6. The second kappa shape index (κ2) is 32.1. The first-order chi connectivity index (χ1) is 41.4. The number of hydrogen-bond donors (Lipinski definition) is 1. The molecule has 4 aliphatic heterocycles. The number of allylic oxidation sites excluding steroid dienone is 5. The van der Waals surface area contributed by atoms with Crippen molar-refractivity contribution in [2.75, 3.05) is 27.9 Å². The van der Waals surface area contributed by atoms with E-state index in [1.165, 1.54) is 12.0 Å². The van der Waals surface area contributed by atoms with Gasteiger partial charge in [0, 0.05) is 71.3 Å². The van der Waals surface area contributed by atoms with E-state index in [2.05, 4.69) is 67.7 Å². The molecule has 0 aromatic carbocycles. The monoisotopic (exact) mass is 1280 g/mol. The van der Waals surface area contributed by atoms with Crippen LogP contribution < -0.4 is 0 Å². The highest BCUT2D eigenvalue weighted by Crippen LogP contribution is 2.44. The van der Waals surface area contributed by atoms with E-state index >= 15 is 4.79 Å². The predicted octanol–water partition coefficient (Wildman–Crippen LogP) is 12.3. The number of esters is 1. The molecule has 5 rings (SSSR count). The van der Waals surface area contributed by atoms with Crippen molar-refractivity contribution in [1.82, 2.24) is 9.96 Å². The van der Waals surface area contributed by atoms with Crippen molar-refractivity contribution in [3.63, 3.8) is 0 Å². The highest BCUT2D eigenvalue weighted by molar-refractivity contribution is 6.74. The van der Waals surface area contributed by atoms with Gasteiger partial charge in [-0.15, -0.1) is 0 Å². The molecule has 5 aliphatic rings. The van der Waals surface area contributed by atoms with Crippen LogP contribution in [0.3, 0.4) is 0 Å². The molecular formula is C68H112N2O17Si2. The first kappa shape index (κ1) is 75.5. The summed E-state index contributed by atoms with van der Waals surface area (Å²) < 4.78 is 51.7. The van der Waals surface area contributed by atoms with Crippen molar-refractivity contribution in [1.29, 1.82) is 0 Å². The fourth-order valence-corrected chi connectivity index (χ4v) is 15.3. The Labute approximate surface area is 534 Å². The smallest absolute Gasteiger partial charge is 0.460 e. The number of hydroxylamine groups is 2. The first-order valence-corrected chi connectivity index (χ1v) is 38.6. The van der Waals surface area contributed by atoms with E-state index in [4.69, 9.17) is 42.1 Å². The predicted molar refractivity (Wildman–Crippen MR) is 345 cm³/mol. The average Bonchev–Trinajstić information content (AvgIpc) is 1.86. The summed E-state index contributed by atoms with van der Waals surface area (Å²) in [4.78, 5) is 106. The molecule has 2 bridgehead atoms. The van der Waals surface area contributed by atoms with Crippen LogP contribution in [0.2, 0.25) is 36.3 Å². The highest BCUT2D eigenvalue weighted by Gasteiger charge is 2.54. The molecule has 1 N–H and O–H groups in total. The van der Waals surface area contributed by atoms with Crippen LogP contribution in [0.4, 0.5) is 4.79 Å². The third-order valence-electron chi connectivity index (χ3n) is 20.5. The number of cyclic esters (lactones) is 1. The minimum Gasteiger partial charge on any atom is -0.460 e. The van der Waals surface area contributed by atoms with Gasteiger partial charge in [-0.3, -0.25) is 28.8 Å². The summed E-state index contributed by atoms with van der Waals surface area (Å²) in [6.07, 6.45) is 9.66. The fraction of sp³-hybridized carbons (Fsp3) is 0.779. The van der Waals surface area contributed by atoms with Gasteiger partial charge in [0.2, 0.25) is 5.79 Å². The number of carbonyl (C=O) groups is 7. The van der Waals surface area contributed by atoms with Gasteiger partial charge in [0.25, 0.3) is 23.5 Å². The van der Waals surface area contributed by atoms with E-state index in [0.29, 0.717) is 55.6 Å². The van der Waals surface area contributed by atoms with Crippen molar-refractivity contribution in [2.24, 2.45) is 35.5 Å². The van der Waals surface area contributed by atoms with Crippen molar-refractivity contribution in [2.45, 2.75) is 277 Å². The maximum atomic E-state index is 15.3. The third kappa shape index (κ3) is 19.7. The number of ketones is 2. The number of Topliss-reactive ketones (excluding diaryl/α,β-unsaturated/α-hetero) is 2. The van der Waals surface area contributed by atoms with Gasteiger partial charge in [0.1, 0.15) is 24.4 Å². The zero-order valence-corrected chi connectivity index (χ0v) is 59.6. The molecule has 4 heterocycles. The van der Waals surface area contributed by atoms with Crippen molar-refractivity contribution < 1.29 is 80.8 Å². The molecule has 3 saturated heterocycles. The van der Waals surface area contributed by atoms with Gasteiger partial charge < -0.3 is 47.3 Å². The zero-order chi connectivity index (χ0) is 66.7. The molecule has 16 atom stereocenters. The van der Waals surface area contributed by atoms with Crippen molar-refractivity contribution in [3.05, 3.63) is 47.6 Å². The Morgan fingerprint density at radius 2 is 1.37 bits per heavy atom. The Hall–Kier alpha value is -4.20. The lowest BCUT2D eigenvalue weighted by Gasteiger charge is -2.44. The zero-order valence-electron chi connectivity index (χ0n) is 57.6. The molecule has 0 spiro atoms. The van der Waals surface area contributed by atoms with Gasteiger partial charge in [0.15, 0.2) is 22.4 Å². The van der Waals surface area contributed by atoms with E-state index in [0.717, 1.165) is 18.4 Å². The average molecular weight is 1290 g/mol. The first-order valence-electron chi connectivity index (χ1n) is 32.8. The largest absolute Gasteiger partial charge is 0.534 e. The van der Waals surface area contributed by atoms with Gasteiger partial charge in [0.05, 0.1) is 30.5 Å². The number of rotatable bonds is 12. The topological polar surface area (TPSA) is 229 Å². The van der Waals surface area contributed by atoms with Crippen molar-refractivity contribution >= 4 is 58.0 Å². The van der Waals surface area contributed by atoms with Gasteiger partial charge in [-0.2, -0.15) is 0 Å². The molecule has 0 radical (unpaired) electrons. The van der Waals surface area contributed by atoms with E-state index in [-0.39, 0.29) is 78.6 Å². The number of fused-ring (bicyclic) bond motifs is 3. The second-order valence-electron chi connectivity index (χ2n) is 29.5. The lowest BCUT2D eigenvalue weighted by atomic mass is 9.78. The molecular weight excluding hydrogens is 1170 g/mol. The Kier molecular flexibility index (Phi) is 27.2. The number of piperidine rings is 1. The van der Waals surface area contributed by atoms with E-state index < -0.39 is 124 Å². The summed E-state index contributed by atoms with van der Waals surface area (Å²) in [5, 5.41) is 12.4. The highest BCUT2D eigenvalue weighted by atomic mass is 28.4. The van der Waals surface area contributed by atoms with Crippen LogP contribution >= 0.6 is 0 Å². The molecule has 89 heavy (non-hydrogen) atoms. The van der Waals surface area contributed by atoms with Crippen LogP contribution in [0, 0.1) is 35.5 Å². The lowest BCUT2D eigenvalue weighted by Crippen LogP contribution is -2.61. The summed E-state index contributed by atoms with van der Waals surface area (Å²) in [5.41, 5.74) is 1.48. The maximum Gasteiger partial charge on any atom is 0.534 e. The van der Waals surface area contributed by atoms with E-state index in [1.807, 2.05) is 78.0 Å². The summed E-state index contributed by atoms with van der Waals surface area (Å²) in [6, 6.07) is -1.24. The number of carbonyl (C=O) groups excluding carboxylic acids is 7. The minimum atomic E-state index is -2.69. The van der Waals surface area contributed by atoms with Crippen LogP contribution in [0.25, 0.3) is 0 Å². The normalized spacial score (nSPS) is 35.2. The minimum absolute atomic E-state index is 0.0219. The Morgan fingerprint density at radius 1 is 0.730 bits per heavy atom. The molecule has 19 nitrogen and oxygen atoms in total. The van der Waals surface area contributed by atoms with Gasteiger partial charge >= 0.3 is 12.1 Å². The lowest BCUT2D eigenvalue weighted by molar-refractivity contribution is -0.265. The number of methoxy groups -OCH3 is 3. The second-order valence-corrected chi connectivity index (χ2v) is 39.0. The third-order valence-corrected chi connectivity index (χ3v) is 29.4. The Morgan fingerprint density at radius 3 is 1.98 bits per heavy atom. The van der Waals surface area contributed by atoms with E-state index in [9.17, 15) is 33.9 Å².